The fourth-order valence-electron chi connectivity index (χ4n) is 1.62. The molecule has 5 nitrogen and oxygen atoms in total. The Hall–Kier alpha value is -1.40. The maximum Gasteiger partial charge on any atom is 0.330 e. The van der Waals surface area contributed by atoms with Gasteiger partial charge in [-0.15, -0.1) is 4.31 Å². The molecule has 0 aromatic heterocycles. The molecule has 1 aliphatic heterocycles. The predicted octanol–water partition coefficient (Wildman–Crippen LogP) is 0.504. The fourth-order valence-corrected chi connectivity index (χ4v) is 2.46. The van der Waals surface area contributed by atoms with E-state index in [2.05, 4.69) is 0 Å². The summed E-state index contributed by atoms with van der Waals surface area (Å²) in [7, 11) is -3.45. The van der Waals surface area contributed by atoms with Gasteiger partial charge in [-0.3, -0.25) is 0 Å². The molecule has 2 rings (SSSR count). The second-order valence-electron chi connectivity index (χ2n) is 3.56. The summed E-state index contributed by atoms with van der Waals surface area (Å²) in [6, 6.07) is 7.86. The highest BCUT2D eigenvalue weighted by atomic mass is 32.2. The van der Waals surface area contributed by atoms with Gasteiger partial charge >= 0.3 is 5.97 Å². The molecule has 1 heterocycles. The normalized spacial score (nSPS) is 22.1. The number of hydrogen-bond donors (Lipinski definition) is 0. The van der Waals surface area contributed by atoms with E-state index in [1.54, 1.807) is 30.3 Å². The van der Waals surface area contributed by atoms with Crippen LogP contribution in [0.25, 0.3) is 0 Å². The van der Waals surface area contributed by atoms with Gasteiger partial charge in [-0.1, -0.05) is 30.3 Å². The van der Waals surface area contributed by atoms with Crippen LogP contribution >= 0.6 is 0 Å². The summed E-state index contributed by atoms with van der Waals surface area (Å²) in [6.45, 7) is -0.211. The highest BCUT2D eigenvalue weighted by Crippen LogP contribution is 2.29. The van der Waals surface area contributed by atoms with Crippen molar-refractivity contribution in [2.24, 2.45) is 0 Å². The zero-order valence-corrected chi connectivity index (χ0v) is 9.48. The average Bonchev–Trinajstić information content (AvgIpc) is 2.61. The highest BCUT2D eigenvalue weighted by molar-refractivity contribution is 7.88. The first-order chi connectivity index (χ1) is 7.50. The largest absolute Gasteiger partial charge is 0.447 e. The molecule has 0 N–H and O–H groups in total. The Kier molecular flexibility index (Phi) is 2.69. The van der Waals surface area contributed by atoms with Gasteiger partial charge in [0.2, 0.25) is 10.0 Å². The molecule has 1 aromatic carbocycles. The summed E-state index contributed by atoms with van der Waals surface area (Å²) in [5.74, 6) is -0.531. The van der Waals surface area contributed by atoms with E-state index in [-0.39, 0.29) is 6.73 Å². The van der Waals surface area contributed by atoms with E-state index in [1.807, 2.05) is 0 Å². The molecule has 16 heavy (non-hydrogen) atoms. The monoisotopic (exact) mass is 241 g/mol. The minimum atomic E-state index is -3.45. The van der Waals surface area contributed by atoms with Gasteiger partial charge in [0, 0.05) is 0 Å². The number of carbonyl (C=O) groups is 1. The van der Waals surface area contributed by atoms with Crippen molar-refractivity contribution < 1.29 is 17.9 Å². The summed E-state index contributed by atoms with van der Waals surface area (Å²) in [5, 5.41) is 0. The van der Waals surface area contributed by atoms with Crippen molar-refractivity contribution in [1.82, 2.24) is 4.31 Å². The second-order valence-corrected chi connectivity index (χ2v) is 5.49. The van der Waals surface area contributed by atoms with Crippen LogP contribution in [-0.4, -0.2) is 31.7 Å². The van der Waals surface area contributed by atoms with Crippen molar-refractivity contribution in [3.63, 3.8) is 0 Å². The third kappa shape index (κ3) is 1.94. The molecule has 1 saturated heterocycles. The molecule has 0 spiro atoms. The van der Waals surface area contributed by atoms with Crippen LogP contribution in [0.1, 0.15) is 11.6 Å². The van der Waals surface area contributed by atoms with Crippen LogP contribution in [0.3, 0.4) is 0 Å². The second kappa shape index (κ2) is 3.88. The van der Waals surface area contributed by atoms with Crippen LogP contribution in [0, 0.1) is 0 Å². The van der Waals surface area contributed by atoms with Crippen LogP contribution in [0.4, 0.5) is 0 Å². The van der Waals surface area contributed by atoms with Crippen LogP contribution in [0.5, 0.6) is 0 Å². The van der Waals surface area contributed by atoms with Crippen LogP contribution in [0.15, 0.2) is 30.3 Å². The lowest BCUT2D eigenvalue weighted by molar-refractivity contribution is -0.139. The lowest BCUT2D eigenvalue weighted by atomic mass is 10.1. The molecule has 0 saturated carbocycles. The molecule has 1 fully saturated rings. The predicted molar refractivity (Wildman–Crippen MR) is 56.8 cm³/mol. The van der Waals surface area contributed by atoms with Crippen molar-refractivity contribution in [3.05, 3.63) is 35.9 Å². The van der Waals surface area contributed by atoms with Gasteiger partial charge in [0.25, 0.3) is 0 Å². The van der Waals surface area contributed by atoms with Gasteiger partial charge in [0.1, 0.15) is 0 Å². The smallest absolute Gasteiger partial charge is 0.330 e. The topological polar surface area (TPSA) is 63.7 Å². The molecule has 86 valence electrons. The maximum atomic E-state index is 11.5. The third-order valence-electron chi connectivity index (χ3n) is 2.39. The lowest BCUT2D eigenvalue weighted by Gasteiger charge is -2.17. The number of carbonyl (C=O) groups excluding carboxylic acids is 1. The van der Waals surface area contributed by atoms with E-state index in [9.17, 15) is 13.2 Å². The van der Waals surface area contributed by atoms with Crippen LogP contribution in [-0.2, 0) is 19.6 Å². The molecule has 0 bridgehead atoms. The first-order valence-corrected chi connectivity index (χ1v) is 6.53. The Morgan fingerprint density at radius 1 is 1.31 bits per heavy atom. The molecule has 0 aliphatic carbocycles. The van der Waals surface area contributed by atoms with Crippen molar-refractivity contribution in [2.45, 2.75) is 6.04 Å². The highest BCUT2D eigenvalue weighted by Gasteiger charge is 2.41. The number of hydrogen-bond acceptors (Lipinski definition) is 4. The third-order valence-corrected chi connectivity index (χ3v) is 3.55. The molecular weight excluding hydrogens is 230 g/mol. The maximum absolute atomic E-state index is 11.5. The molecule has 1 aliphatic rings. The quantitative estimate of drug-likeness (QED) is 0.707. The Balaban J connectivity index is 2.42. The van der Waals surface area contributed by atoms with E-state index < -0.39 is 22.0 Å². The molecular formula is C10H11NO4S. The number of cyclic esters (lactones) is 1. The Labute approximate surface area is 93.7 Å². The lowest BCUT2D eigenvalue weighted by Crippen LogP contribution is -2.31. The van der Waals surface area contributed by atoms with Gasteiger partial charge in [-0.2, -0.15) is 0 Å². The Bertz CT molecular complexity index is 497. The minimum Gasteiger partial charge on any atom is -0.447 e. The number of ether oxygens (including phenoxy) is 1. The SMILES string of the molecule is CS(=O)(=O)N1COC(=O)C1c1ccccc1. The molecule has 0 radical (unpaired) electrons. The van der Waals surface area contributed by atoms with Crippen molar-refractivity contribution in [2.75, 3.05) is 13.0 Å². The van der Waals surface area contributed by atoms with Gasteiger partial charge in [-0.05, 0) is 5.56 Å². The fraction of sp³-hybridized carbons (Fsp3) is 0.300. The van der Waals surface area contributed by atoms with E-state index in [0.29, 0.717) is 5.56 Å². The number of sulfonamides is 1. The average molecular weight is 241 g/mol. The van der Waals surface area contributed by atoms with Crippen LogP contribution < -0.4 is 0 Å². The van der Waals surface area contributed by atoms with Gasteiger partial charge in [0.15, 0.2) is 12.8 Å². The van der Waals surface area contributed by atoms with E-state index in [4.69, 9.17) is 4.74 Å². The van der Waals surface area contributed by atoms with Crippen molar-refractivity contribution >= 4 is 16.0 Å². The van der Waals surface area contributed by atoms with Crippen molar-refractivity contribution in [3.8, 4) is 0 Å². The van der Waals surface area contributed by atoms with Crippen molar-refractivity contribution in [1.29, 1.82) is 0 Å². The molecule has 0 amide bonds. The zero-order chi connectivity index (χ0) is 11.8. The van der Waals surface area contributed by atoms with Gasteiger partial charge in [0.05, 0.1) is 6.26 Å². The first kappa shape index (κ1) is 11.1. The summed E-state index contributed by atoms with van der Waals surface area (Å²) < 4.78 is 28.7. The molecule has 1 unspecified atom stereocenters. The molecule has 1 aromatic rings. The number of rotatable bonds is 2. The minimum absolute atomic E-state index is 0.211. The summed E-state index contributed by atoms with van der Waals surface area (Å²) in [5.41, 5.74) is 0.621. The van der Waals surface area contributed by atoms with E-state index in [0.717, 1.165) is 10.6 Å². The number of nitrogens with zero attached hydrogens (tertiary/aromatic N) is 1. The number of benzene rings is 1. The number of esters is 1. The summed E-state index contributed by atoms with van der Waals surface area (Å²) in [6.07, 6.45) is 1.06. The molecule has 6 heteroatoms. The van der Waals surface area contributed by atoms with Crippen LogP contribution in [0.2, 0.25) is 0 Å². The van der Waals surface area contributed by atoms with Gasteiger partial charge < -0.3 is 4.74 Å². The zero-order valence-electron chi connectivity index (χ0n) is 8.66. The summed E-state index contributed by atoms with van der Waals surface area (Å²) >= 11 is 0. The standard InChI is InChI=1S/C10H11NO4S/c1-16(13,14)11-7-15-10(12)9(11)8-5-3-2-4-6-8/h2-6,9H,7H2,1H3. The van der Waals surface area contributed by atoms with Gasteiger partial charge in [-0.25, -0.2) is 13.2 Å². The Morgan fingerprint density at radius 2 is 1.94 bits per heavy atom. The first-order valence-electron chi connectivity index (χ1n) is 4.68. The summed E-state index contributed by atoms with van der Waals surface area (Å²) in [4.78, 5) is 11.5. The van der Waals surface area contributed by atoms with E-state index in [1.165, 1.54) is 0 Å². The molecule has 1 atom stereocenters. The Morgan fingerprint density at radius 3 is 2.50 bits per heavy atom. The van der Waals surface area contributed by atoms with E-state index >= 15 is 0 Å².